The Morgan fingerprint density at radius 2 is 1.71 bits per heavy atom. The molecule has 0 saturated carbocycles. The van der Waals surface area contributed by atoms with Gasteiger partial charge in [0, 0.05) is 18.7 Å². The third-order valence-electron chi connectivity index (χ3n) is 6.77. The van der Waals surface area contributed by atoms with Gasteiger partial charge in [0.05, 0.1) is 25.8 Å². The zero-order chi connectivity index (χ0) is 24.5. The number of carbonyl (C=O) groups excluding carboxylic acids is 2. The van der Waals surface area contributed by atoms with Crippen LogP contribution in [-0.2, 0) is 9.59 Å². The Labute approximate surface area is 203 Å². The Morgan fingerprint density at radius 1 is 0.971 bits per heavy atom. The average Bonchev–Trinajstić information content (AvgIpc) is 3.62. The number of benzene rings is 2. The summed E-state index contributed by atoms with van der Waals surface area (Å²) in [6.45, 7) is 3.05. The molecular formula is C26H28N2O7. The number of methoxy groups -OCH3 is 2. The zero-order valence-electron chi connectivity index (χ0n) is 19.8. The van der Waals surface area contributed by atoms with Gasteiger partial charge in [-0.05, 0) is 61.8 Å². The number of likely N-dealkylation sites (tertiary alicyclic amines) is 2. The van der Waals surface area contributed by atoms with Crippen LogP contribution in [0, 0.1) is 0 Å². The van der Waals surface area contributed by atoms with Crippen molar-refractivity contribution < 1.29 is 33.6 Å². The van der Waals surface area contributed by atoms with Crippen LogP contribution < -0.4 is 18.9 Å². The summed E-state index contributed by atoms with van der Waals surface area (Å²) >= 11 is 0. The lowest BCUT2D eigenvalue weighted by Gasteiger charge is -2.27. The van der Waals surface area contributed by atoms with Gasteiger partial charge in [0.1, 0.15) is 5.76 Å². The molecule has 5 rings (SSSR count). The van der Waals surface area contributed by atoms with Crippen molar-refractivity contribution in [3.05, 3.63) is 53.1 Å². The minimum atomic E-state index is -0.775. The van der Waals surface area contributed by atoms with Crippen molar-refractivity contribution in [1.29, 1.82) is 0 Å². The van der Waals surface area contributed by atoms with Gasteiger partial charge in [0.2, 0.25) is 6.79 Å². The summed E-state index contributed by atoms with van der Waals surface area (Å²) < 4.78 is 21.6. The Hall–Kier alpha value is -3.72. The molecule has 2 saturated heterocycles. The van der Waals surface area contributed by atoms with Gasteiger partial charge in [0.15, 0.2) is 23.0 Å². The Bertz CT molecular complexity index is 1190. The van der Waals surface area contributed by atoms with Crippen molar-refractivity contribution in [2.24, 2.45) is 0 Å². The maximum absolute atomic E-state index is 13.3. The van der Waals surface area contributed by atoms with Gasteiger partial charge in [-0.25, -0.2) is 0 Å². The molecule has 2 aromatic rings. The van der Waals surface area contributed by atoms with Crippen LogP contribution in [0.4, 0.5) is 0 Å². The predicted molar refractivity (Wildman–Crippen MR) is 127 cm³/mol. The molecule has 0 bridgehead atoms. The molecule has 1 unspecified atom stereocenters. The van der Waals surface area contributed by atoms with Crippen LogP contribution >= 0.6 is 0 Å². The minimum absolute atomic E-state index is 0.0301. The first kappa shape index (κ1) is 23.0. The number of aliphatic hydroxyl groups excluding tert-OH is 1. The first-order valence-corrected chi connectivity index (χ1v) is 11.6. The van der Waals surface area contributed by atoms with Crippen LogP contribution in [0.1, 0.15) is 30.0 Å². The highest BCUT2D eigenvalue weighted by atomic mass is 16.7. The summed E-state index contributed by atoms with van der Waals surface area (Å²) in [5.41, 5.74) is 1.05. The van der Waals surface area contributed by atoms with Gasteiger partial charge in [0.25, 0.3) is 11.7 Å². The van der Waals surface area contributed by atoms with Crippen LogP contribution in [0.3, 0.4) is 0 Å². The average molecular weight is 481 g/mol. The minimum Gasteiger partial charge on any atom is -0.507 e. The third kappa shape index (κ3) is 4.16. The summed E-state index contributed by atoms with van der Waals surface area (Å²) in [5, 5.41) is 11.3. The highest BCUT2D eigenvalue weighted by Crippen LogP contribution is 2.43. The fourth-order valence-corrected chi connectivity index (χ4v) is 4.93. The second kappa shape index (κ2) is 9.50. The predicted octanol–water partition coefficient (Wildman–Crippen LogP) is 2.95. The number of ketones is 1. The van der Waals surface area contributed by atoms with Gasteiger partial charge in [-0.2, -0.15) is 0 Å². The quantitative estimate of drug-likeness (QED) is 0.367. The number of hydrogen-bond donors (Lipinski definition) is 1. The molecule has 1 atom stereocenters. The van der Waals surface area contributed by atoms with E-state index in [1.165, 1.54) is 7.11 Å². The lowest BCUT2D eigenvalue weighted by Crippen LogP contribution is -2.37. The molecule has 3 heterocycles. The lowest BCUT2D eigenvalue weighted by molar-refractivity contribution is -0.140. The summed E-state index contributed by atoms with van der Waals surface area (Å²) in [7, 11) is 3.07. The molecule has 2 fully saturated rings. The van der Waals surface area contributed by atoms with E-state index in [0.29, 0.717) is 47.2 Å². The molecule has 0 spiro atoms. The fourth-order valence-electron chi connectivity index (χ4n) is 4.93. The lowest BCUT2D eigenvalue weighted by atomic mass is 9.95. The largest absolute Gasteiger partial charge is 0.507 e. The number of hydrogen-bond acceptors (Lipinski definition) is 8. The molecule has 0 radical (unpaired) electrons. The van der Waals surface area contributed by atoms with Crippen LogP contribution in [-0.4, -0.2) is 73.8 Å². The second-order valence-corrected chi connectivity index (χ2v) is 8.72. The van der Waals surface area contributed by atoms with Gasteiger partial charge >= 0.3 is 0 Å². The van der Waals surface area contributed by atoms with Crippen molar-refractivity contribution in [2.75, 3.05) is 47.2 Å². The van der Waals surface area contributed by atoms with Crippen LogP contribution in [0.15, 0.2) is 42.0 Å². The number of aliphatic hydroxyl groups is 1. The molecule has 9 nitrogen and oxygen atoms in total. The standard InChI is InChI=1S/C26H28N2O7/c1-32-18-7-5-16(13-20(18)33-2)23-22(24(29)17-6-8-19-21(14-17)35-15-34-19)25(30)26(31)28(23)12-11-27-9-3-4-10-27/h5-8,13-14,23,29H,3-4,9-12,15H2,1-2H3/b24-22+. The molecule has 1 amide bonds. The molecule has 9 heteroatoms. The van der Waals surface area contributed by atoms with Gasteiger partial charge in [-0.15, -0.1) is 0 Å². The van der Waals surface area contributed by atoms with Gasteiger partial charge < -0.3 is 33.9 Å². The normalized spacial score (nSPS) is 21.1. The zero-order valence-corrected chi connectivity index (χ0v) is 19.8. The molecule has 3 aliphatic heterocycles. The molecule has 2 aromatic carbocycles. The van der Waals surface area contributed by atoms with E-state index in [0.717, 1.165) is 25.9 Å². The SMILES string of the molecule is COc1ccc(C2/C(=C(\O)c3ccc4c(c3)OCO4)C(=O)C(=O)N2CCN2CCCC2)cc1OC. The number of carbonyl (C=O) groups is 2. The number of ether oxygens (including phenoxy) is 4. The van der Waals surface area contributed by atoms with E-state index >= 15 is 0 Å². The van der Waals surface area contributed by atoms with Gasteiger partial charge in [-0.3, -0.25) is 9.59 Å². The molecule has 184 valence electrons. The number of nitrogens with zero attached hydrogens (tertiary/aromatic N) is 2. The number of fused-ring (bicyclic) bond motifs is 1. The summed E-state index contributed by atoms with van der Waals surface area (Å²) in [4.78, 5) is 30.3. The molecular weight excluding hydrogens is 452 g/mol. The van der Waals surface area contributed by atoms with Gasteiger partial charge in [-0.1, -0.05) is 6.07 Å². The first-order valence-electron chi connectivity index (χ1n) is 11.6. The second-order valence-electron chi connectivity index (χ2n) is 8.72. The van der Waals surface area contributed by atoms with E-state index in [4.69, 9.17) is 18.9 Å². The highest BCUT2D eigenvalue weighted by molar-refractivity contribution is 6.46. The molecule has 0 aliphatic carbocycles. The van der Waals surface area contributed by atoms with E-state index < -0.39 is 17.7 Å². The Balaban J connectivity index is 1.59. The summed E-state index contributed by atoms with van der Waals surface area (Å²) in [5.74, 6) is 0.418. The Morgan fingerprint density at radius 3 is 2.46 bits per heavy atom. The molecule has 35 heavy (non-hydrogen) atoms. The third-order valence-corrected chi connectivity index (χ3v) is 6.77. The van der Waals surface area contributed by atoms with Crippen molar-refractivity contribution in [3.63, 3.8) is 0 Å². The van der Waals surface area contributed by atoms with Crippen molar-refractivity contribution in [3.8, 4) is 23.0 Å². The summed E-state index contributed by atoms with van der Waals surface area (Å²) in [6, 6.07) is 9.41. The monoisotopic (exact) mass is 480 g/mol. The van der Waals surface area contributed by atoms with Crippen molar-refractivity contribution >= 4 is 17.4 Å². The van der Waals surface area contributed by atoms with Crippen molar-refractivity contribution in [1.82, 2.24) is 9.80 Å². The highest BCUT2D eigenvalue weighted by Gasteiger charge is 2.46. The topological polar surface area (TPSA) is 97.8 Å². The van der Waals surface area contributed by atoms with Crippen LogP contribution in [0.2, 0.25) is 0 Å². The van der Waals surface area contributed by atoms with E-state index in [1.807, 2.05) is 0 Å². The number of Topliss-reactive ketones (excluding diaryl/α,β-unsaturated/α-hetero) is 1. The van der Waals surface area contributed by atoms with E-state index in [-0.39, 0.29) is 18.1 Å². The summed E-state index contributed by atoms with van der Waals surface area (Å²) in [6.07, 6.45) is 2.25. The number of amides is 1. The fraction of sp³-hybridized carbons (Fsp3) is 0.385. The smallest absolute Gasteiger partial charge is 0.295 e. The van der Waals surface area contributed by atoms with Crippen LogP contribution in [0.5, 0.6) is 23.0 Å². The Kier molecular flexibility index (Phi) is 6.25. The maximum Gasteiger partial charge on any atom is 0.295 e. The molecule has 1 N–H and O–H groups in total. The van der Waals surface area contributed by atoms with E-state index in [2.05, 4.69) is 4.90 Å². The first-order chi connectivity index (χ1) is 17.0. The van der Waals surface area contributed by atoms with E-state index in [1.54, 1.807) is 48.4 Å². The van der Waals surface area contributed by atoms with Crippen molar-refractivity contribution in [2.45, 2.75) is 18.9 Å². The van der Waals surface area contributed by atoms with E-state index in [9.17, 15) is 14.7 Å². The molecule has 0 aromatic heterocycles. The number of rotatable bonds is 7. The van der Waals surface area contributed by atoms with Crippen LogP contribution in [0.25, 0.3) is 5.76 Å². The molecule has 3 aliphatic rings. The maximum atomic E-state index is 13.3.